The summed E-state index contributed by atoms with van der Waals surface area (Å²) in [6.07, 6.45) is 0.924. The largest absolute Gasteiger partial charge is 0.506 e. The van der Waals surface area contributed by atoms with Crippen LogP contribution in [-0.2, 0) is 6.42 Å². The number of halogens is 1. The smallest absolute Gasteiger partial charge is 0.138 e. The van der Waals surface area contributed by atoms with Crippen molar-refractivity contribution in [2.24, 2.45) is 0 Å². The van der Waals surface area contributed by atoms with Gasteiger partial charge in [0.15, 0.2) is 0 Å². The predicted molar refractivity (Wildman–Crippen MR) is 49.1 cm³/mol. The summed E-state index contributed by atoms with van der Waals surface area (Å²) < 4.78 is 0. The standard InChI is InChI=1S/C8H11NO.ClH/c1-2-6-3-4-7(9)8(10)5-6;/h3-5,10H,2,9H2,1H3;1H. The third kappa shape index (κ3) is 2.31. The average molecular weight is 174 g/mol. The molecule has 0 fully saturated rings. The molecule has 0 saturated heterocycles. The van der Waals surface area contributed by atoms with E-state index in [0.29, 0.717) is 5.69 Å². The second kappa shape index (κ2) is 4.09. The Labute approximate surface area is 72.4 Å². The highest BCUT2D eigenvalue weighted by molar-refractivity contribution is 5.85. The van der Waals surface area contributed by atoms with Gasteiger partial charge in [-0.05, 0) is 24.1 Å². The summed E-state index contributed by atoms with van der Waals surface area (Å²) in [5.74, 6) is 0.180. The van der Waals surface area contributed by atoms with Gasteiger partial charge in [0.25, 0.3) is 0 Å². The van der Waals surface area contributed by atoms with Gasteiger partial charge in [0, 0.05) is 0 Å². The Balaban J connectivity index is 0.000001000. The van der Waals surface area contributed by atoms with Gasteiger partial charge < -0.3 is 10.8 Å². The zero-order valence-electron chi connectivity index (χ0n) is 6.37. The highest BCUT2D eigenvalue weighted by atomic mass is 35.5. The molecule has 0 amide bonds. The zero-order chi connectivity index (χ0) is 7.56. The lowest BCUT2D eigenvalue weighted by molar-refractivity contribution is 0.477. The summed E-state index contributed by atoms with van der Waals surface area (Å²) in [4.78, 5) is 0. The summed E-state index contributed by atoms with van der Waals surface area (Å²) in [6, 6.07) is 5.32. The topological polar surface area (TPSA) is 46.2 Å². The summed E-state index contributed by atoms with van der Waals surface area (Å²) >= 11 is 0. The number of hydrogen-bond acceptors (Lipinski definition) is 2. The van der Waals surface area contributed by atoms with E-state index in [0.717, 1.165) is 12.0 Å². The molecule has 0 saturated carbocycles. The van der Waals surface area contributed by atoms with Gasteiger partial charge in [-0.2, -0.15) is 0 Å². The van der Waals surface area contributed by atoms with Crippen LogP contribution in [-0.4, -0.2) is 5.11 Å². The number of rotatable bonds is 1. The molecule has 1 rings (SSSR count). The molecule has 0 unspecified atom stereocenters. The third-order valence-electron chi connectivity index (χ3n) is 1.50. The molecular formula is C8H12ClNO. The van der Waals surface area contributed by atoms with Crippen molar-refractivity contribution in [1.82, 2.24) is 0 Å². The minimum Gasteiger partial charge on any atom is -0.506 e. The van der Waals surface area contributed by atoms with Crippen LogP contribution in [0.2, 0.25) is 0 Å². The van der Waals surface area contributed by atoms with Gasteiger partial charge in [0.05, 0.1) is 5.69 Å². The van der Waals surface area contributed by atoms with Gasteiger partial charge in [-0.1, -0.05) is 13.0 Å². The molecule has 0 atom stereocenters. The second-order valence-electron chi connectivity index (χ2n) is 2.25. The van der Waals surface area contributed by atoms with Gasteiger partial charge >= 0.3 is 0 Å². The Hall–Kier alpha value is -0.890. The van der Waals surface area contributed by atoms with Crippen LogP contribution < -0.4 is 5.73 Å². The average Bonchev–Trinajstić information content (AvgIpc) is 1.95. The van der Waals surface area contributed by atoms with E-state index in [1.165, 1.54) is 0 Å². The number of aryl methyl sites for hydroxylation is 1. The van der Waals surface area contributed by atoms with Gasteiger partial charge in [-0.3, -0.25) is 0 Å². The molecule has 0 spiro atoms. The number of benzene rings is 1. The first-order valence-electron chi connectivity index (χ1n) is 3.31. The van der Waals surface area contributed by atoms with Crippen molar-refractivity contribution in [2.75, 3.05) is 5.73 Å². The molecule has 3 N–H and O–H groups in total. The van der Waals surface area contributed by atoms with E-state index in [1.807, 2.05) is 13.0 Å². The van der Waals surface area contributed by atoms with Crippen LogP contribution in [0, 0.1) is 0 Å². The lowest BCUT2D eigenvalue weighted by Gasteiger charge is -1.99. The minimum absolute atomic E-state index is 0. The lowest BCUT2D eigenvalue weighted by atomic mass is 10.1. The highest BCUT2D eigenvalue weighted by Crippen LogP contribution is 2.20. The molecule has 0 heterocycles. The van der Waals surface area contributed by atoms with E-state index in [2.05, 4.69) is 0 Å². The number of hydrogen-bond donors (Lipinski definition) is 2. The maximum Gasteiger partial charge on any atom is 0.138 e. The Morgan fingerprint density at radius 3 is 2.55 bits per heavy atom. The Bertz CT molecular complexity index is 238. The number of anilines is 1. The minimum atomic E-state index is 0. The molecular weight excluding hydrogens is 162 g/mol. The molecule has 3 heteroatoms. The SMILES string of the molecule is CCc1ccc(N)c(O)c1.Cl. The van der Waals surface area contributed by atoms with Crippen LogP contribution in [0.1, 0.15) is 12.5 Å². The van der Waals surface area contributed by atoms with Crippen molar-refractivity contribution in [3.05, 3.63) is 23.8 Å². The molecule has 0 aliphatic heterocycles. The van der Waals surface area contributed by atoms with E-state index in [1.54, 1.807) is 12.1 Å². The molecule has 1 aromatic rings. The van der Waals surface area contributed by atoms with Gasteiger partial charge in [0.1, 0.15) is 5.75 Å². The summed E-state index contributed by atoms with van der Waals surface area (Å²) in [6.45, 7) is 2.03. The van der Waals surface area contributed by atoms with E-state index in [4.69, 9.17) is 10.8 Å². The molecule has 0 bridgehead atoms. The quantitative estimate of drug-likeness (QED) is 0.504. The summed E-state index contributed by atoms with van der Waals surface area (Å²) in [7, 11) is 0. The fourth-order valence-corrected chi connectivity index (χ4v) is 0.809. The normalized spacial score (nSPS) is 8.82. The van der Waals surface area contributed by atoms with Crippen molar-refractivity contribution in [1.29, 1.82) is 0 Å². The third-order valence-corrected chi connectivity index (χ3v) is 1.50. The van der Waals surface area contributed by atoms with Crippen LogP contribution in [0.4, 0.5) is 5.69 Å². The molecule has 0 aliphatic rings. The maximum absolute atomic E-state index is 9.11. The Morgan fingerprint density at radius 1 is 1.45 bits per heavy atom. The zero-order valence-corrected chi connectivity index (χ0v) is 7.19. The molecule has 0 radical (unpaired) electrons. The summed E-state index contributed by atoms with van der Waals surface area (Å²) in [5.41, 5.74) is 6.94. The first-order chi connectivity index (χ1) is 4.74. The molecule has 62 valence electrons. The maximum atomic E-state index is 9.11. The van der Waals surface area contributed by atoms with Crippen LogP contribution >= 0.6 is 12.4 Å². The van der Waals surface area contributed by atoms with E-state index < -0.39 is 0 Å². The van der Waals surface area contributed by atoms with Crippen molar-refractivity contribution in [3.8, 4) is 5.75 Å². The first-order valence-corrected chi connectivity index (χ1v) is 3.31. The van der Waals surface area contributed by atoms with Crippen molar-refractivity contribution in [2.45, 2.75) is 13.3 Å². The number of phenols is 1. The van der Waals surface area contributed by atoms with Gasteiger partial charge in [0.2, 0.25) is 0 Å². The van der Waals surface area contributed by atoms with Crippen LogP contribution in [0.3, 0.4) is 0 Å². The van der Waals surface area contributed by atoms with Crippen LogP contribution in [0.15, 0.2) is 18.2 Å². The predicted octanol–water partition coefficient (Wildman–Crippen LogP) is 1.96. The Kier molecular flexibility index (Phi) is 3.76. The van der Waals surface area contributed by atoms with E-state index in [-0.39, 0.29) is 18.2 Å². The van der Waals surface area contributed by atoms with Crippen molar-refractivity contribution in [3.63, 3.8) is 0 Å². The molecule has 11 heavy (non-hydrogen) atoms. The summed E-state index contributed by atoms with van der Waals surface area (Å²) in [5, 5.41) is 9.11. The molecule has 0 aliphatic carbocycles. The lowest BCUT2D eigenvalue weighted by Crippen LogP contribution is -1.86. The van der Waals surface area contributed by atoms with Crippen LogP contribution in [0.5, 0.6) is 5.75 Å². The fraction of sp³-hybridized carbons (Fsp3) is 0.250. The van der Waals surface area contributed by atoms with Crippen molar-refractivity contribution < 1.29 is 5.11 Å². The monoisotopic (exact) mass is 173 g/mol. The van der Waals surface area contributed by atoms with E-state index >= 15 is 0 Å². The number of aromatic hydroxyl groups is 1. The van der Waals surface area contributed by atoms with Gasteiger partial charge in [-0.15, -0.1) is 12.4 Å². The van der Waals surface area contributed by atoms with Crippen LogP contribution in [0.25, 0.3) is 0 Å². The highest BCUT2D eigenvalue weighted by Gasteiger charge is 1.95. The molecule has 2 nitrogen and oxygen atoms in total. The van der Waals surface area contributed by atoms with Gasteiger partial charge in [-0.25, -0.2) is 0 Å². The fourth-order valence-electron chi connectivity index (χ4n) is 0.809. The second-order valence-corrected chi connectivity index (χ2v) is 2.25. The number of nitrogens with two attached hydrogens (primary N) is 1. The number of nitrogen functional groups attached to an aromatic ring is 1. The van der Waals surface area contributed by atoms with Crippen molar-refractivity contribution >= 4 is 18.1 Å². The molecule has 0 aromatic heterocycles. The number of phenolic OH excluding ortho intramolecular Hbond substituents is 1. The molecule has 1 aromatic carbocycles. The first kappa shape index (κ1) is 10.1. The van der Waals surface area contributed by atoms with E-state index in [9.17, 15) is 0 Å². The Morgan fingerprint density at radius 2 is 2.09 bits per heavy atom.